The molecule has 0 atom stereocenters. The third-order valence-electron chi connectivity index (χ3n) is 2.75. The van der Waals surface area contributed by atoms with Gasteiger partial charge in [0.2, 0.25) is 0 Å². The number of pyridine rings is 1. The van der Waals surface area contributed by atoms with Crippen LogP contribution in [0.3, 0.4) is 0 Å². The molecule has 1 amide bonds. The highest BCUT2D eigenvalue weighted by Crippen LogP contribution is 2.17. The van der Waals surface area contributed by atoms with Crippen molar-refractivity contribution in [3.8, 4) is 11.3 Å². The molecule has 20 heavy (non-hydrogen) atoms. The largest absolute Gasteiger partial charge is 0.378 e. The lowest BCUT2D eigenvalue weighted by Crippen LogP contribution is -2.22. The van der Waals surface area contributed by atoms with Gasteiger partial charge in [-0.1, -0.05) is 0 Å². The molecule has 2 N–H and O–H groups in total. The first kappa shape index (κ1) is 14.2. The molecule has 0 unspecified atom stereocenters. The number of carbonyl (C=O) groups is 1. The van der Waals surface area contributed by atoms with Gasteiger partial charge in [0.15, 0.2) is 0 Å². The molecule has 0 spiro atoms. The number of rotatable bonds is 5. The van der Waals surface area contributed by atoms with Crippen molar-refractivity contribution in [1.82, 2.24) is 14.5 Å². The van der Waals surface area contributed by atoms with E-state index in [-0.39, 0.29) is 6.10 Å². The van der Waals surface area contributed by atoms with Crippen molar-refractivity contribution in [1.29, 1.82) is 0 Å². The van der Waals surface area contributed by atoms with E-state index in [4.69, 9.17) is 10.5 Å². The highest BCUT2D eigenvalue weighted by Gasteiger charge is 2.13. The number of imidazole rings is 1. The van der Waals surface area contributed by atoms with Gasteiger partial charge in [0.1, 0.15) is 5.82 Å². The Morgan fingerprint density at radius 3 is 2.90 bits per heavy atom. The predicted molar refractivity (Wildman–Crippen MR) is 75.2 cm³/mol. The van der Waals surface area contributed by atoms with Gasteiger partial charge in [-0.2, -0.15) is 0 Å². The summed E-state index contributed by atoms with van der Waals surface area (Å²) in [6, 6.07) is 3.15. The fourth-order valence-electron chi connectivity index (χ4n) is 1.83. The van der Waals surface area contributed by atoms with Gasteiger partial charge in [-0.15, -0.1) is 0 Å². The number of hydrogen-bond donors (Lipinski definition) is 1. The van der Waals surface area contributed by atoms with Crippen LogP contribution in [-0.4, -0.2) is 33.3 Å². The molecule has 6 nitrogen and oxygen atoms in total. The molecule has 2 heterocycles. The summed E-state index contributed by atoms with van der Waals surface area (Å²) in [5.74, 6) is 0.594. The van der Waals surface area contributed by atoms with Gasteiger partial charge in [0.05, 0.1) is 18.4 Å². The molecule has 0 saturated carbocycles. The van der Waals surface area contributed by atoms with E-state index in [0.717, 1.165) is 5.56 Å². The Hall–Kier alpha value is -2.21. The topological polar surface area (TPSA) is 83.0 Å². The van der Waals surface area contributed by atoms with E-state index in [1.54, 1.807) is 18.6 Å². The Bertz CT molecular complexity index is 578. The number of nitrogens with zero attached hydrogens (tertiary/aromatic N) is 3. The van der Waals surface area contributed by atoms with Crippen LogP contribution in [0.4, 0.5) is 4.79 Å². The van der Waals surface area contributed by atoms with Gasteiger partial charge in [0, 0.05) is 30.6 Å². The second-order valence-corrected chi connectivity index (χ2v) is 4.66. The first-order valence-electron chi connectivity index (χ1n) is 6.48. The van der Waals surface area contributed by atoms with Crippen molar-refractivity contribution in [2.45, 2.75) is 26.4 Å². The molecule has 0 fully saturated rings. The molecule has 0 aromatic carbocycles. The number of amides is 1. The average Bonchev–Trinajstić information content (AvgIpc) is 2.84. The zero-order valence-corrected chi connectivity index (χ0v) is 11.6. The number of carbonyl (C=O) groups excluding carboxylic acids is 1. The lowest BCUT2D eigenvalue weighted by Gasteiger charge is -2.07. The van der Waals surface area contributed by atoms with Gasteiger partial charge in [-0.05, 0) is 26.0 Å². The van der Waals surface area contributed by atoms with Gasteiger partial charge >= 0.3 is 6.03 Å². The maximum atomic E-state index is 11.5. The molecule has 2 aromatic rings. The average molecular weight is 274 g/mol. The summed E-state index contributed by atoms with van der Waals surface area (Å²) in [5.41, 5.74) is 6.89. The van der Waals surface area contributed by atoms with Crippen molar-refractivity contribution < 1.29 is 9.53 Å². The Balaban J connectivity index is 2.22. The quantitative estimate of drug-likeness (QED) is 0.901. The Morgan fingerprint density at radius 2 is 2.30 bits per heavy atom. The maximum Gasteiger partial charge on any atom is 0.324 e. The first-order chi connectivity index (χ1) is 9.58. The van der Waals surface area contributed by atoms with Crippen LogP contribution in [0.5, 0.6) is 0 Å². The molecule has 0 aliphatic rings. The number of aromatic nitrogens is 3. The smallest absolute Gasteiger partial charge is 0.324 e. The predicted octanol–water partition coefficient (Wildman–Crippen LogP) is 1.84. The minimum absolute atomic E-state index is 0.143. The first-order valence-corrected chi connectivity index (χ1v) is 6.48. The molecule has 2 aromatic heterocycles. The zero-order chi connectivity index (χ0) is 14.5. The molecule has 0 aliphatic carbocycles. The van der Waals surface area contributed by atoms with E-state index < -0.39 is 6.03 Å². The molecule has 6 heteroatoms. The molecule has 0 aliphatic heterocycles. The van der Waals surface area contributed by atoms with E-state index in [1.165, 1.54) is 4.57 Å². The van der Waals surface area contributed by atoms with E-state index in [0.29, 0.717) is 24.5 Å². The van der Waals surface area contributed by atoms with Crippen molar-refractivity contribution in [3.63, 3.8) is 0 Å². The van der Waals surface area contributed by atoms with Crippen LogP contribution in [0.15, 0.2) is 30.7 Å². The van der Waals surface area contributed by atoms with Gasteiger partial charge < -0.3 is 10.5 Å². The fourth-order valence-corrected chi connectivity index (χ4v) is 1.83. The normalized spacial score (nSPS) is 10.9. The van der Waals surface area contributed by atoms with Crippen LogP contribution < -0.4 is 5.73 Å². The molecule has 106 valence electrons. The van der Waals surface area contributed by atoms with Crippen molar-refractivity contribution in [2.24, 2.45) is 5.73 Å². The van der Waals surface area contributed by atoms with E-state index in [2.05, 4.69) is 9.97 Å². The molecule has 2 rings (SSSR count). The fraction of sp³-hybridized carbons (Fsp3) is 0.357. The van der Waals surface area contributed by atoms with E-state index in [9.17, 15) is 4.79 Å². The molecule has 0 radical (unpaired) electrons. The Kier molecular flexibility index (Phi) is 4.47. The van der Waals surface area contributed by atoms with Crippen LogP contribution in [0.25, 0.3) is 11.3 Å². The van der Waals surface area contributed by atoms with Gasteiger partial charge in [-0.3, -0.25) is 9.55 Å². The zero-order valence-electron chi connectivity index (χ0n) is 11.6. The Morgan fingerprint density at radius 1 is 1.50 bits per heavy atom. The lowest BCUT2D eigenvalue weighted by atomic mass is 10.2. The summed E-state index contributed by atoms with van der Waals surface area (Å²) >= 11 is 0. The second-order valence-electron chi connectivity index (χ2n) is 4.66. The van der Waals surface area contributed by atoms with Crippen molar-refractivity contribution in [3.05, 3.63) is 36.5 Å². The second kappa shape index (κ2) is 6.29. The molecular weight excluding hydrogens is 256 g/mol. The summed E-state index contributed by atoms with van der Waals surface area (Å²) < 4.78 is 6.83. The summed E-state index contributed by atoms with van der Waals surface area (Å²) in [6.07, 6.45) is 5.68. The lowest BCUT2D eigenvalue weighted by molar-refractivity contribution is 0.0802. The number of nitrogens with two attached hydrogens (primary N) is 1. The molecular formula is C14H18N4O2. The molecule has 0 saturated heterocycles. The number of ether oxygens (including phenoxy) is 1. The van der Waals surface area contributed by atoms with Crippen LogP contribution >= 0.6 is 0 Å². The maximum absolute atomic E-state index is 11.5. The molecule has 0 bridgehead atoms. The minimum atomic E-state index is -0.549. The third-order valence-corrected chi connectivity index (χ3v) is 2.75. The summed E-state index contributed by atoms with van der Waals surface area (Å²) in [5, 5.41) is 0. The van der Waals surface area contributed by atoms with E-state index >= 15 is 0 Å². The summed E-state index contributed by atoms with van der Waals surface area (Å²) in [7, 11) is 0. The van der Waals surface area contributed by atoms with E-state index in [1.807, 2.05) is 26.0 Å². The standard InChI is InChI=1S/C14H18N4O2/c1-10(2)20-7-5-13-17-12(9-18(13)14(15)19)11-4-3-6-16-8-11/h3-4,6,8-10H,5,7H2,1-2H3,(H2,15,19). The number of primary amides is 1. The van der Waals surface area contributed by atoms with Gasteiger partial charge in [0.25, 0.3) is 0 Å². The SMILES string of the molecule is CC(C)OCCc1nc(-c2cccnc2)cn1C(N)=O. The van der Waals surface area contributed by atoms with Crippen LogP contribution in [0.2, 0.25) is 0 Å². The number of hydrogen-bond acceptors (Lipinski definition) is 4. The summed E-state index contributed by atoms with van der Waals surface area (Å²) in [6.45, 7) is 4.41. The monoisotopic (exact) mass is 274 g/mol. The Labute approximate surface area is 117 Å². The van der Waals surface area contributed by atoms with Gasteiger partial charge in [-0.25, -0.2) is 9.78 Å². The van der Waals surface area contributed by atoms with Crippen molar-refractivity contribution in [2.75, 3.05) is 6.61 Å². The van der Waals surface area contributed by atoms with Crippen LogP contribution in [0, 0.1) is 0 Å². The van der Waals surface area contributed by atoms with Crippen LogP contribution in [-0.2, 0) is 11.2 Å². The summed E-state index contributed by atoms with van der Waals surface area (Å²) in [4.78, 5) is 19.9. The minimum Gasteiger partial charge on any atom is -0.378 e. The highest BCUT2D eigenvalue weighted by molar-refractivity contribution is 5.77. The van der Waals surface area contributed by atoms with Crippen molar-refractivity contribution >= 4 is 6.03 Å². The highest BCUT2D eigenvalue weighted by atomic mass is 16.5. The third kappa shape index (κ3) is 3.42. The van der Waals surface area contributed by atoms with Crippen LogP contribution in [0.1, 0.15) is 19.7 Å².